The topological polar surface area (TPSA) is 56.1 Å². The molecule has 0 aliphatic heterocycles. The summed E-state index contributed by atoms with van der Waals surface area (Å²) in [5, 5.41) is 11.7. The monoisotopic (exact) mass is 259 g/mol. The number of aryl methyl sites for hydroxylation is 1. The molecule has 0 unspecified atom stereocenters. The Balaban J connectivity index is 2.97. The van der Waals surface area contributed by atoms with Crippen LogP contribution in [-0.4, -0.2) is 30.4 Å². The van der Waals surface area contributed by atoms with Crippen molar-refractivity contribution in [1.29, 1.82) is 5.26 Å². The zero-order valence-electron chi connectivity index (χ0n) is 12.0. The number of hydrogen-bond acceptors (Lipinski definition) is 3. The predicted octanol–water partition coefficient (Wildman–Crippen LogP) is 2.80. The van der Waals surface area contributed by atoms with E-state index in [9.17, 15) is 4.79 Å². The molecule has 0 aliphatic rings. The molecule has 0 saturated heterocycles. The van der Waals surface area contributed by atoms with Crippen LogP contribution in [0, 0.1) is 18.3 Å². The Kier molecular flexibility index (Phi) is 5.37. The fourth-order valence-electron chi connectivity index (χ4n) is 2.01. The predicted molar refractivity (Wildman–Crippen MR) is 77.1 cm³/mol. The van der Waals surface area contributed by atoms with E-state index >= 15 is 0 Å². The van der Waals surface area contributed by atoms with Crippen LogP contribution in [0.4, 0.5) is 5.69 Å². The quantitative estimate of drug-likeness (QED) is 0.884. The van der Waals surface area contributed by atoms with Crippen LogP contribution in [0.2, 0.25) is 0 Å². The molecule has 4 nitrogen and oxygen atoms in total. The van der Waals surface area contributed by atoms with Crippen LogP contribution < -0.4 is 5.32 Å². The SMILES string of the molecule is CNc1ccc(C(=O)N(CCC#N)C(C)C)cc1C. The van der Waals surface area contributed by atoms with Gasteiger partial charge < -0.3 is 10.2 Å². The number of nitrogens with one attached hydrogen (secondary N) is 1. The summed E-state index contributed by atoms with van der Waals surface area (Å²) in [5.74, 6) is -0.0176. The van der Waals surface area contributed by atoms with Crippen molar-refractivity contribution in [2.75, 3.05) is 18.9 Å². The molecule has 0 atom stereocenters. The number of carbonyl (C=O) groups is 1. The maximum Gasteiger partial charge on any atom is 0.254 e. The molecule has 0 bridgehead atoms. The summed E-state index contributed by atoms with van der Waals surface area (Å²) in [6.45, 7) is 6.37. The number of carbonyl (C=O) groups excluding carboxylic acids is 1. The van der Waals surface area contributed by atoms with Gasteiger partial charge in [-0.1, -0.05) is 0 Å². The van der Waals surface area contributed by atoms with E-state index < -0.39 is 0 Å². The largest absolute Gasteiger partial charge is 0.388 e. The Hall–Kier alpha value is -2.02. The van der Waals surface area contributed by atoms with Crippen molar-refractivity contribution in [3.63, 3.8) is 0 Å². The molecule has 1 N–H and O–H groups in total. The first-order chi connectivity index (χ1) is 9.01. The van der Waals surface area contributed by atoms with E-state index in [0.717, 1.165) is 11.3 Å². The van der Waals surface area contributed by atoms with Gasteiger partial charge in [0.25, 0.3) is 5.91 Å². The average molecular weight is 259 g/mol. The maximum absolute atomic E-state index is 12.4. The third-order valence-electron chi connectivity index (χ3n) is 3.09. The zero-order chi connectivity index (χ0) is 14.4. The second-order valence-electron chi connectivity index (χ2n) is 4.78. The minimum Gasteiger partial charge on any atom is -0.388 e. The fraction of sp³-hybridized carbons (Fsp3) is 0.467. The molecule has 0 aliphatic carbocycles. The molecule has 1 rings (SSSR count). The van der Waals surface area contributed by atoms with E-state index in [4.69, 9.17) is 5.26 Å². The lowest BCUT2D eigenvalue weighted by Crippen LogP contribution is -2.37. The highest BCUT2D eigenvalue weighted by atomic mass is 16.2. The lowest BCUT2D eigenvalue weighted by Gasteiger charge is -2.26. The van der Waals surface area contributed by atoms with Crippen LogP contribution in [0.5, 0.6) is 0 Å². The molecule has 1 aromatic rings. The molecule has 0 aromatic heterocycles. The van der Waals surface area contributed by atoms with Crippen molar-refractivity contribution in [3.05, 3.63) is 29.3 Å². The van der Waals surface area contributed by atoms with Crippen LogP contribution >= 0.6 is 0 Å². The summed E-state index contributed by atoms with van der Waals surface area (Å²) in [6.07, 6.45) is 0.359. The van der Waals surface area contributed by atoms with Crippen LogP contribution in [0.25, 0.3) is 0 Å². The van der Waals surface area contributed by atoms with Gasteiger partial charge in [-0.25, -0.2) is 0 Å². The Morgan fingerprint density at radius 3 is 2.63 bits per heavy atom. The van der Waals surface area contributed by atoms with Gasteiger partial charge in [-0.15, -0.1) is 0 Å². The Labute approximate surface area is 115 Å². The zero-order valence-corrected chi connectivity index (χ0v) is 12.0. The summed E-state index contributed by atoms with van der Waals surface area (Å²) in [5.41, 5.74) is 2.73. The van der Waals surface area contributed by atoms with Gasteiger partial charge in [0.05, 0.1) is 12.5 Å². The number of nitriles is 1. The van der Waals surface area contributed by atoms with E-state index in [0.29, 0.717) is 18.5 Å². The standard InChI is InChI=1S/C15H21N3O/c1-11(2)18(9-5-8-16)15(19)13-6-7-14(17-4)12(3)10-13/h6-7,10-11,17H,5,9H2,1-4H3. The second-order valence-corrected chi connectivity index (χ2v) is 4.78. The van der Waals surface area contributed by atoms with Gasteiger partial charge in [0.2, 0.25) is 0 Å². The minimum atomic E-state index is -0.0176. The number of rotatable bonds is 5. The number of hydrogen-bond donors (Lipinski definition) is 1. The fourth-order valence-corrected chi connectivity index (χ4v) is 2.01. The lowest BCUT2D eigenvalue weighted by atomic mass is 10.1. The molecule has 0 radical (unpaired) electrons. The summed E-state index contributed by atoms with van der Waals surface area (Å²) in [4.78, 5) is 14.2. The van der Waals surface area contributed by atoms with Gasteiger partial charge in [0.15, 0.2) is 0 Å². The Morgan fingerprint density at radius 1 is 1.47 bits per heavy atom. The molecule has 0 spiro atoms. The van der Waals surface area contributed by atoms with Crippen LogP contribution in [-0.2, 0) is 0 Å². The Morgan fingerprint density at radius 2 is 2.16 bits per heavy atom. The van der Waals surface area contributed by atoms with Crippen LogP contribution in [0.1, 0.15) is 36.2 Å². The Bertz CT molecular complexity index is 489. The van der Waals surface area contributed by atoms with Crippen molar-refractivity contribution in [2.45, 2.75) is 33.2 Å². The van der Waals surface area contributed by atoms with E-state index in [1.54, 1.807) is 4.90 Å². The average Bonchev–Trinajstić information content (AvgIpc) is 2.38. The summed E-state index contributed by atoms with van der Waals surface area (Å²) < 4.78 is 0. The van der Waals surface area contributed by atoms with E-state index in [1.807, 2.05) is 46.0 Å². The van der Waals surface area contributed by atoms with Crippen molar-refractivity contribution in [3.8, 4) is 6.07 Å². The third-order valence-corrected chi connectivity index (χ3v) is 3.09. The first-order valence-electron chi connectivity index (χ1n) is 6.47. The summed E-state index contributed by atoms with van der Waals surface area (Å²) in [7, 11) is 1.86. The highest BCUT2D eigenvalue weighted by Crippen LogP contribution is 2.18. The summed E-state index contributed by atoms with van der Waals surface area (Å²) in [6, 6.07) is 7.79. The molecule has 4 heteroatoms. The molecular weight excluding hydrogens is 238 g/mol. The second kappa shape index (κ2) is 6.79. The minimum absolute atomic E-state index is 0.0176. The normalized spacial score (nSPS) is 10.1. The van der Waals surface area contributed by atoms with E-state index in [-0.39, 0.29) is 11.9 Å². The molecule has 19 heavy (non-hydrogen) atoms. The maximum atomic E-state index is 12.4. The first kappa shape index (κ1) is 15.0. The van der Waals surface area contributed by atoms with Crippen LogP contribution in [0.15, 0.2) is 18.2 Å². The smallest absolute Gasteiger partial charge is 0.254 e. The molecule has 102 valence electrons. The molecule has 0 saturated carbocycles. The van der Waals surface area contributed by atoms with E-state index in [1.165, 1.54) is 0 Å². The number of benzene rings is 1. The summed E-state index contributed by atoms with van der Waals surface area (Å²) >= 11 is 0. The lowest BCUT2D eigenvalue weighted by molar-refractivity contribution is 0.0710. The molecule has 0 heterocycles. The number of anilines is 1. The van der Waals surface area contributed by atoms with Gasteiger partial charge in [0.1, 0.15) is 0 Å². The van der Waals surface area contributed by atoms with Crippen molar-refractivity contribution >= 4 is 11.6 Å². The van der Waals surface area contributed by atoms with Gasteiger partial charge in [0, 0.05) is 30.9 Å². The van der Waals surface area contributed by atoms with Gasteiger partial charge in [-0.3, -0.25) is 4.79 Å². The molecule has 0 fully saturated rings. The van der Waals surface area contributed by atoms with E-state index in [2.05, 4.69) is 11.4 Å². The highest BCUT2D eigenvalue weighted by molar-refractivity contribution is 5.95. The molecule has 1 aromatic carbocycles. The van der Waals surface area contributed by atoms with Crippen LogP contribution in [0.3, 0.4) is 0 Å². The highest BCUT2D eigenvalue weighted by Gasteiger charge is 2.18. The van der Waals surface area contributed by atoms with Crippen molar-refractivity contribution in [2.24, 2.45) is 0 Å². The first-order valence-corrected chi connectivity index (χ1v) is 6.47. The van der Waals surface area contributed by atoms with Crippen molar-refractivity contribution in [1.82, 2.24) is 4.90 Å². The third kappa shape index (κ3) is 3.72. The molecular formula is C15H21N3O. The van der Waals surface area contributed by atoms with Gasteiger partial charge in [-0.05, 0) is 44.5 Å². The van der Waals surface area contributed by atoms with Gasteiger partial charge >= 0.3 is 0 Å². The van der Waals surface area contributed by atoms with Crippen molar-refractivity contribution < 1.29 is 4.79 Å². The number of nitrogens with zero attached hydrogens (tertiary/aromatic N) is 2. The number of amides is 1. The molecule has 1 amide bonds. The van der Waals surface area contributed by atoms with Gasteiger partial charge in [-0.2, -0.15) is 5.26 Å².